The molecule has 0 aliphatic rings. The molecule has 146 valence electrons. The van der Waals surface area contributed by atoms with Gasteiger partial charge in [0, 0.05) is 16.8 Å². The van der Waals surface area contributed by atoms with Gasteiger partial charge < -0.3 is 10.2 Å². The topological polar surface area (TPSA) is 81.1 Å². The maximum absolute atomic E-state index is 14.4. The minimum atomic E-state index is -3.21. The van der Waals surface area contributed by atoms with Crippen LogP contribution in [0.15, 0.2) is 108 Å². The van der Waals surface area contributed by atoms with Crippen molar-refractivity contribution in [2.45, 2.75) is 12.1 Å². The van der Waals surface area contributed by atoms with Crippen molar-refractivity contribution < 1.29 is 8.98 Å². The summed E-state index contributed by atoms with van der Waals surface area (Å²) in [6, 6.07) is 26.9. The molecule has 0 spiro atoms. The average molecular weight is 403 g/mol. The Morgan fingerprint density at radius 2 is 1.45 bits per heavy atom. The second-order valence-electron chi connectivity index (χ2n) is 6.68. The number of aromatic nitrogens is 1. The number of hydrogen-bond donors (Lipinski definition) is 2. The van der Waals surface area contributed by atoms with E-state index >= 15 is 0 Å². The fourth-order valence-electron chi connectivity index (χ4n) is 3.30. The molecule has 0 fully saturated rings. The van der Waals surface area contributed by atoms with Gasteiger partial charge in [-0.1, -0.05) is 42.5 Å². The summed E-state index contributed by atoms with van der Waals surface area (Å²) in [5, 5.41) is 4.77. The van der Waals surface area contributed by atoms with Crippen LogP contribution in [-0.4, -0.2) is 4.98 Å². The predicted octanol–water partition coefficient (Wildman–Crippen LogP) is 3.93. The molecule has 5 nitrogen and oxygen atoms in total. The normalized spacial score (nSPS) is 13.7. The van der Waals surface area contributed by atoms with Gasteiger partial charge in [-0.3, -0.25) is 9.55 Å². The van der Waals surface area contributed by atoms with Gasteiger partial charge in [0.05, 0.1) is 24.0 Å². The van der Waals surface area contributed by atoms with Gasteiger partial charge in [0.1, 0.15) is 5.76 Å². The SMILES string of the molecule is N[C@@H](c1ccccn1)[C@H](NP(=O)(c1ccccc1)c1ccccc1)c1ccco1. The molecule has 0 amide bonds. The Kier molecular flexibility index (Phi) is 5.72. The van der Waals surface area contributed by atoms with Crippen LogP contribution in [0, 0.1) is 0 Å². The van der Waals surface area contributed by atoms with Crippen molar-refractivity contribution in [3.8, 4) is 0 Å². The highest BCUT2D eigenvalue weighted by Crippen LogP contribution is 2.44. The van der Waals surface area contributed by atoms with Crippen LogP contribution in [0.2, 0.25) is 0 Å². The van der Waals surface area contributed by atoms with E-state index in [2.05, 4.69) is 10.1 Å². The second kappa shape index (κ2) is 8.58. The van der Waals surface area contributed by atoms with Gasteiger partial charge in [0.15, 0.2) is 0 Å². The van der Waals surface area contributed by atoms with E-state index in [-0.39, 0.29) is 0 Å². The molecule has 4 rings (SSSR count). The van der Waals surface area contributed by atoms with E-state index < -0.39 is 19.4 Å². The minimum Gasteiger partial charge on any atom is -0.468 e. The maximum Gasteiger partial charge on any atom is 0.205 e. The van der Waals surface area contributed by atoms with Crippen molar-refractivity contribution in [3.05, 3.63) is 115 Å². The summed E-state index contributed by atoms with van der Waals surface area (Å²) in [7, 11) is -3.21. The molecule has 2 aromatic heterocycles. The highest BCUT2D eigenvalue weighted by molar-refractivity contribution is 7.76. The molecule has 0 radical (unpaired) electrons. The predicted molar refractivity (Wildman–Crippen MR) is 116 cm³/mol. The molecule has 0 aliphatic carbocycles. The smallest absolute Gasteiger partial charge is 0.205 e. The molecule has 0 bridgehead atoms. The number of rotatable bonds is 7. The lowest BCUT2D eigenvalue weighted by Crippen LogP contribution is -2.36. The molecule has 0 saturated heterocycles. The molecule has 6 heteroatoms. The number of nitrogens with zero attached hydrogens (tertiary/aromatic N) is 1. The zero-order valence-corrected chi connectivity index (χ0v) is 16.7. The minimum absolute atomic E-state index is 0.536. The lowest BCUT2D eigenvalue weighted by Gasteiger charge is -2.29. The second-order valence-corrected chi connectivity index (χ2v) is 9.19. The van der Waals surface area contributed by atoms with Gasteiger partial charge in [0.25, 0.3) is 0 Å². The average Bonchev–Trinajstić information content (AvgIpc) is 3.33. The van der Waals surface area contributed by atoms with Crippen molar-refractivity contribution in [1.82, 2.24) is 10.1 Å². The molecule has 3 N–H and O–H groups in total. The number of pyridine rings is 1. The fourth-order valence-corrected chi connectivity index (χ4v) is 5.76. The van der Waals surface area contributed by atoms with E-state index in [1.54, 1.807) is 18.5 Å². The third-order valence-corrected chi connectivity index (χ3v) is 7.49. The van der Waals surface area contributed by atoms with Crippen LogP contribution in [0.1, 0.15) is 23.5 Å². The van der Waals surface area contributed by atoms with E-state index in [9.17, 15) is 4.57 Å². The van der Waals surface area contributed by atoms with Crippen LogP contribution in [0.3, 0.4) is 0 Å². The summed E-state index contributed by atoms with van der Waals surface area (Å²) in [4.78, 5) is 4.39. The van der Waals surface area contributed by atoms with Crippen molar-refractivity contribution in [2.75, 3.05) is 0 Å². The van der Waals surface area contributed by atoms with Crippen LogP contribution in [0.4, 0.5) is 0 Å². The van der Waals surface area contributed by atoms with Crippen LogP contribution < -0.4 is 21.4 Å². The molecule has 29 heavy (non-hydrogen) atoms. The van der Waals surface area contributed by atoms with Crippen LogP contribution in [-0.2, 0) is 4.57 Å². The van der Waals surface area contributed by atoms with Crippen molar-refractivity contribution in [1.29, 1.82) is 0 Å². The van der Waals surface area contributed by atoms with Gasteiger partial charge in [-0.15, -0.1) is 0 Å². The summed E-state index contributed by atoms with van der Waals surface area (Å²) >= 11 is 0. The fraction of sp³-hybridized carbons (Fsp3) is 0.0870. The van der Waals surface area contributed by atoms with E-state index in [1.165, 1.54) is 0 Å². The number of hydrogen-bond acceptors (Lipinski definition) is 4. The highest BCUT2D eigenvalue weighted by Gasteiger charge is 2.35. The van der Waals surface area contributed by atoms with Crippen LogP contribution in [0.5, 0.6) is 0 Å². The highest BCUT2D eigenvalue weighted by atomic mass is 31.2. The monoisotopic (exact) mass is 403 g/mol. The first-order chi connectivity index (χ1) is 14.2. The molecular weight excluding hydrogens is 381 g/mol. The number of furan rings is 1. The number of nitrogens with two attached hydrogens (primary N) is 1. The Balaban J connectivity index is 1.80. The molecular formula is C23H22N3O2P. The standard InChI is InChI=1S/C23H22N3O2P/c24-22(20-14-7-8-16-25-20)23(21-15-9-17-28-21)26-29(27,18-10-3-1-4-11-18)19-12-5-2-6-13-19/h1-17,22-23H,24H2,(H,26,27)/t22-,23+/m0/s1. The largest absolute Gasteiger partial charge is 0.468 e. The molecule has 0 saturated carbocycles. The van der Waals surface area contributed by atoms with E-state index in [0.29, 0.717) is 22.1 Å². The molecule has 2 aromatic carbocycles. The summed E-state index contributed by atoms with van der Waals surface area (Å²) in [5.41, 5.74) is 7.28. The quantitative estimate of drug-likeness (QED) is 0.457. The Morgan fingerprint density at radius 3 is 1.97 bits per heavy atom. The van der Waals surface area contributed by atoms with Crippen LogP contribution >= 0.6 is 7.29 Å². The Labute approximate surface area is 170 Å². The third-order valence-electron chi connectivity index (χ3n) is 4.80. The van der Waals surface area contributed by atoms with Gasteiger partial charge in [0.2, 0.25) is 7.29 Å². The molecule has 2 heterocycles. The van der Waals surface area contributed by atoms with E-state index in [4.69, 9.17) is 10.2 Å². The van der Waals surface area contributed by atoms with E-state index in [0.717, 1.165) is 0 Å². The summed E-state index contributed by atoms with van der Waals surface area (Å²) in [6.45, 7) is 0. The van der Waals surface area contributed by atoms with Gasteiger partial charge in [-0.05, 0) is 48.5 Å². The molecule has 2 atom stereocenters. The first-order valence-corrected chi connectivity index (χ1v) is 11.1. The van der Waals surface area contributed by atoms with Crippen molar-refractivity contribution in [2.24, 2.45) is 5.73 Å². The molecule has 0 unspecified atom stereocenters. The number of nitrogens with one attached hydrogen (secondary N) is 1. The summed E-state index contributed by atoms with van der Waals surface area (Å²) in [5.74, 6) is 0.607. The Bertz CT molecular complexity index is 1030. The van der Waals surface area contributed by atoms with Gasteiger partial charge in [-0.25, -0.2) is 5.09 Å². The lowest BCUT2D eigenvalue weighted by atomic mass is 10.0. The first kappa shape index (κ1) is 19.3. The Hall–Kier alpha value is -2.98. The first-order valence-electron chi connectivity index (χ1n) is 9.37. The van der Waals surface area contributed by atoms with Gasteiger partial charge >= 0.3 is 0 Å². The third kappa shape index (κ3) is 4.08. The summed E-state index contributed by atoms with van der Waals surface area (Å²) < 4.78 is 20.1. The molecule has 4 aromatic rings. The lowest BCUT2D eigenvalue weighted by molar-refractivity contribution is 0.402. The van der Waals surface area contributed by atoms with Crippen molar-refractivity contribution in [3.63, 3.8) is 0 Å². The van der Waals surface area contributed by atoms with Crippen molar-refractivity contribution >= 4 is 17.9 Å². The number of benzene rings is 2. The van der Waals surface area contributed by atoms with Crippen LogP contribution in [0.25, 0.3) is 0 Å². The molecule has 0 aliphatic heterocycles. The maximum atomic E-state index is 14.4. The summed E-state index contributed by atoms with van der Waals surface area (Å²) in [6.07, 6.45) is 3.29. The zero-order valence-electron chi connectivity index (χ0n) is 15.8. The Morgan fingerprint density at radius 1 is 0.828 bits per heavy atom. The van der Waals surface area contributed by atoms with Gasteiger partial charge in [-0.2, -0.15) is 0 Å². The van der Waals surface area contributed by atoms with E-state index in [1.807, 2.05) is 84.9 Å². The zero-order chi connectivity index (χ0) is 20.1.